The van der Waals surface area contributed by atoms with E-state index in [4.69, 9.17) is 21.1 Å². The van der Waals surface area contributed by atoms with E-state index in [0.717, 1.165) is 19.3 Å². The van der Waals surface area contributed by atoms with Crippen LogP contribution in [0.1, 0.15) is 46.9 Å². The first-order chi connectivity index (χ1) is 11.6. The van der Waals surface area contributed by atoms with E-state index >= 15 is 0 Å². The van der Waals surface area contributed by atoms with Gasteiger partial charge in [0, 0.05) is 0 Å². The second-order valence-corrected chi connectivity index (χ2v) is 5.65. The summed E-state index contributed by atoms with van der Waals surface area (Å²) < 4.78 is 10.4. The van der Waals surface area contributed by atoms with Crippen LogP contribution in [0.15, 0.2) is 48.5 Å². The van der Waals surface area contributed by atoms with Gasteiger partial charge in [-0.2, -0.15) is 0 Å². The van der Waals surface area contributed by atoms with E-state index in [0.29, 0.717) is 17.2 Å². The predicted octanol–water partition coefficient (Wildman–Crippen LogP) is 4.91. The number of hydrogen-bond donors (Lipinski definition) is 0. The third kappa shape index (κ3) is 5.10. The van der Waals surface area contributed by atoms with Crippen molar-refractivity contribution in [1.82, 2.24) is 0 Å². The maximum atomic E-state index is 12.2. The van der Waals surface area contributed by atoms with Gasteiger partial charge in [0.1, 0.15) is 5.75 Å². The molecule has 0 radical (unpaired) electrons. The molecular weight excluding hydrogens is 328 g/mol. The Balaban J connectivity index is 2.02. The highest BCUT2D eigenvalue weighted by atomic mass is 35.5. The Kier molecular flexibility index (Phi) is 6.82. The lowest BCUT2D eigenvalue weighted by Crippen LogP contribution is -2.11. The number of carbonyl (C=O) groups excluding carboxylic acids is 2. The van der Waals surface area contributed by atoms with Crippen molar-refractivity contribution in [2.75, 3.05) is 6.61 Å². The molecule has 0 aliphatic heterocycles. The largest absolute Gasteiger partial charge is 0.462 e. The molecule has 0 aliphatic rings. The number of halogens is 1. The molecule has 2 aromatic carbocycles. The van der Waals surface area contributed by atoms with E-state index in [1.165, 1.54) is 6.07 Å². The van der Waals surface area contributed by atoms with Gasteiger partial charge in [-0.3, -0.25) is 0 Å². The van der Waals surface area contributed by atoms with Gasteiger partial charge < -0.3 is 9.47 Å². The van der Waals surface area contributed by atoms with Crippen molar-refractivity contribution < 1.29 is 19.1 Å². The van der Waals surface area contributed by atoms with E-state index in [-0.39, 0.29) is 11.3 Å². The van der Waals surface area contributed by atoms with Gasteiger partial charge in [0.05, 0.1) is 22.8 Å². The zero-order valence-corrected chi connectivity index (χ0v) is 14.2. The number of benzene rings is 2. The van der Waals surface area contributed by atoms with Gasteiger partial charge in [-0.1, -0.05) is 49.6 Å². The molecule has 0 saturated heterocycles. The highest BCUT2D eigenvalue weighted by molar-refractivity contribution is 6.32. The van der Waals surface area contributed by atoms with Gasteiger partial charge in [-0.15, -0.1) is 0 Å². The number of esters is 2. The Bertz CT molecular complexity index is 712. The minimum absolute atomic E-state index is 0.262. The molecule has 0 N–H and O–H groups in total. The first-order valence-electron chi connectivity index (χ1n) is 7.85. The van der Waals surface area contributed by atoms with Gasteiger partial charge in [-0.05, 0) is 36.8 Å². The summed E-state index contributed by atoms with van der Waals surface area (Å²) in [5.41, 5.74) is 0.582. The molecule has 0 saturated carbocycles. The number of ether oxygens (including phenoxy) is 2. The lowest BCUT2D eigenvalue weighted by Gasteiger charge is -2.08. The topological polar surface area (TPSA) is 52.6 Å². The van der Waals surface area contributed by atoms with E-state index < -0.39 is 11.9 Å². The van der Waals surface area contributed by atoms with E-state index in [1.807, 2.05) is 0 Å². The summed E-state index contributed by atoms with van der Waals surface area (Å²) in [5, 5.41) is 0.345. The van der Waals surface area contributed by atoms with Crippen molar-refractivity contribution in [3.63, 3.8) is 0 Å². The van der Waals surface area contributed by atoms with Crippen molar-refractivity contribution in [3.8, 4) is 5.75 Å². The zero-order valence-electron chi connectivity index (χ0n) is 13.5. The Morgan fingerprint density at radius 3 is 2.38 bits per heavy atom. The highest BCUT2D eigenvalue weighted by Crippen LogP contribution is 2.24. The number of carbonyl (C=O) groups is 2. The van der Waals surface area contributed by atoms with Crippen LogP contribution in [0.25, 0.3) is 0 Å². The summed E-state index contributed by atoms with van der Waals surface area (Å²) in [6.45, 7) is 2.46. The summed E-state index contributed by atoms with van der Waals surface area (Å²) in [6.07, 6.45) is 2.90. The van der Waals surface area contributed by atoms with Crippen LogP contribution in [-0.2, 0) is 4.74 Å². The molecule has 0 aliphatic carbocycles. The Hall–Kier alpha value is -2.33. The van der Waals surface area contributed by atoms with E-state index in [2.05, 4.69) is 6.92 Å². The Morgan fingerprint density at radius 2 is 1.67 bits per heavy atom. The summed E-state index contributed by atoms with van der Waals surface area (Å²) in [4.78, 5) is 24.2. The van der Waals surface area contributed by atoms with E-state index in [1.54, 1.807) is 42.5 Å². The first-order valence-corrected chi connectivity index (χ1v) is 8.23. The van der Waals surface area contributed by atoms with Crippen molar-refractivity contribution in [1.29, 1.82) is 0 Å². The summed E-state index contributed by atoms with van der Waals surface area (Å²) in [6, 6.07) is 13.0. The van der Waals surface area contributed by atoms with Gasteiger partial charge in [-0.25, -0.2) is 9.59 Å². The molecule has 0 aromatic heterocycles. The molecule has 0 fully saturated rings. The Morgan fingerprint density at radius 1 is 0.958 bits per heavy atom. The van der Waals surface area contributed by atoms with Crippen molar-refractivity contribution in [2.24, 2.45) is 0 Å². The van der Waals surface area contributed by atoms with Crippen molar-refractivity contribution >= 4 is 23.5 Å². The van der Waals surface area contributed by atoms with Crippen LogP contribution >= 0.6 is 11.6 Å². The molecule has 0 heterocycles. The van der Waals surface area contributed by atoms with Crippen LogP contribution in [0, 0.1) is 0 Å². The van der Waals surface area contributed by atoms with Gasteiger partial charge in [0.2, 0.25) is 0 Å². The molecule has 24 heavy (non-hydrogen) atoms. The van der Waals surface area contributed by atoms with Crippen LogP contribution < -0.4 is 4.74 Å². The molecule has 4 nitrogen and oxygen atoms in total. The lowest BCUT2D eigenvalue weighted by molar-refractivity contribution is 0.0498. The van der Waals surface area contributed by atoms with Crippen LogP contribution in [0.5, 0.6) is 5.75 Å². The molecule has 0 amide bonds. The fourth-order valence-corrected chi connectivity index (χ4v) is 2.23. The monoisotopic (exact) mass is 346 g/mol. The maximum absolute atomic E-state index is 12.2. The minimum Gasteiger partial charge on any atom is -0.462 e. The number of para-hydroxylation sites is 1. The molecule has 2 rings (SSSR count). The molecule has 5 heteroatoms. The molecule has 2 aromatic rings. The SMILES string of the molecule is CCCCCOC(=O)c1cccc(C(=O)Oc2ccccc2Cl)c1. The maximum Gasteiger partial charge on any atom is 0.343 e. The molecule has 0 unspecified atom stereocenters. The lowest BCUT2D eigenvalue weighted by atomic mass is 10.1. The normalized spacial score (nSPS) is 10.2. The first kappa shape index (κ1) is 18.0. The summed E-state index contributed by atoms with van der Waals surface area (Å²) in [5.74, 6) is -0.751. The average molecular weight is 347 g/mol. The highest BCUT2D eigenvalue weighted by Gasteiger charge is 2.14. The third-order valence-corrected chi connectivity index (χ3v) is 3.67. The average Bonchev–Trinajstić information content (AvgIpc) is 2.60. The van der Waals surface area contributed by atoms with Crippen LogP contribution in [0.2, 0.25) is 5.02 Å². The van der Waals surface area contributed by atoms with Crippen molar-refractivity contribution in [3.05, 3.63) is 64.7 Å². The fourth-order valence-electron chi connectivity index (χ4n) is 2.06. The van der Waals surface area contributed by atoms with Crippen LogP contribution in [-0.4, -0.2) is 18.5 Å². The minimum atomic E-state index is -0.580. The molecule has 0 spiro atoms. The fraction of sp³-hybridized carbons (Fsp3) is 0.263. The second-order valence-electron chi connectivity index (χ2n) is 5.24. The number of unbranched alkanes of at least 4 members (excludes halogenated alkanes) is 2. The van der Waals surface area contributed by atoms with Crippen LogP contribution in [0.4, 0.5) is 0 Å². The van der Waals surface area contributed by atoms with Gasteiger partial charge in [0.25, 0.3) is 0 Å². The molecule has 0 atom stereocenters. The van der Waals surface area contributed by atoms with Gasteiger partial charge >= 0.3 is 11.9 Å². The van der Waals surface area contributed by atoms with E-state index in [9.17, 15) is 9.59 Å². The predicted molar refractivity (Wildman–Crippen MR) is 92.7 cm³/mol. The molecule has 126 valence electrons. The number of rotatable bonds is 7. The zero-order chi connectivity index (χ0) is 17.4. The van der Waals surface area contributed by atoms with Crippen LogP contribution in [0.3, 0.4) is 0 Å². The summed E-state index contributed by atoms with van der Waals surface area (Å²) in [7, 11) is 0. The van der Waals surface area contributed by atoms with Gasteiger partial charge in [0.15, 0.2) is 0 Å². The number of hydrogen-bond acceptors (Lipinski definition) is 4. The second kappa shape index (κ2) is 9.08. The standard InChI is InChI=1S/C19H19ClO4/c1-2-3-6-12-23-18(21)14-8-7-9-15(13-14)19(22)24-17-11-5-4-10-16(17)20/h4-5,7-11,13H,2-3,6,12H2,1H3. The summed E-state index contributed by atoms with van der Waals surface area (Å²) >= 11 is 5.97. The van der Waals surface area contributed by atoms with Crippen molar-refractivity contribution in [2.45, 2.75) is 26.2 Å². The smallest absolute Gasteiger partial charge is 0.343 e. The molecular formula is C19H19ClO4. The quantitative estimate of drug-likeness (QED) is 0.406. The molecule has 0 bridgehead atoms. The third-order valence-electron chi connectivity index (χ3n) is 3.35. The Labute approximate surface area is 146 Å².